The highest BCUT2D eigenvalue weighted by atomic mass is 16.5. The van der Waals surface area contributed by atoms with Gasteiger partial charge in [-0.3, -0.25) is 4.79 Å². The van der Waals surface area contributed by atoms with Gasteiger partial charge in [-0.05, 0) is 20.8 Å². The van der Waals surface area contributed by atoms with Crippen LogP contribution in [0, 0.1) is 0 Å². The highest BCUT2D eigenvalue weighted by molar-refractivity contribution is 5.32. The molecule has 2 N–H and O–H groups in total. The van der Waals surface area contributed by atoms with Crippen LogP contribution in [-0.2, 0) is 16.0 Å². The van der Waals surface area contributed by atoms with Crippen molar-refractivity contribution < 1.29 is 14.6 Å². The molecule has 0 fully saturated rings. The summed E-state index contributed by atoms with van der Waals surface area (Å²) in [7, 11) is 1.72. The van der Waals surface area contributed by atoms with Gasteiger partial charge in [-0.25, -0.2) is 0 Å². The Bertz CT molecular complexity index is 341. The smallest absolute Gasteiger partial charge is 0.290 e. The number of hydrogen-bond donors (Lipinski definition) is 2. The molecule has 19 heavy (non-hydrogen) atoms. The molecule has 0 amide bonds. The van der Waals surface area contributed by atoms with Gasteiger partial charge in [0.25, 0.3) is 6.47 Å². The summed E-state index contributed by atoms with van der Waals surface area (Å²) in [5.74, 6) is 1.03. The van der Waals surface area contributed by atoms with Crippen LogP contribution in [-0.4, -0.2) is 52.6 Å². The highest BCUT2D eigenvalue weighted by Gasteiger charge is 2.07. The van der Waals surface area contributed by atoms with Gasteiger partial charge in [0.15, 0.2) is 0 Å². The molecule has 1 unspecified atom stereocenters. The van der Waals surface area contributed by atoms with Crippen molar-refractivity contribution in [2.45, 2.75) is 39.3 Å². The lowest BCUT2D eigenvalue weighted by Crippen LogP contribution is -2.32. The highest BCUT2D eigenvalue weighted by Crippen LogP contribution is 2.06. The first kappa shape index (κ1) is 17.5. The van der Waals surface area contributed by atoms with Crippen LogP contribution in [0.5, 0.6) is 0 Å². The Hall–Kier alpha value is -1.47. The van der Waals surface area contributed by atoms with Gasteiger partial charge in [0.1, 0.15) is 12.2 Å². The summed E-state index contributed by atoms with van der Waals surface area (Å²) in [6.45, 7) is 7.76. The van der Waals surface area contributed by atoms with Crippen molar-refractivity contribution in [3.05, 3.63) is 12.2 Å². The number of carboxylic acid groups (broad SMARTS) is 1. The normalized spacial score (nSPS) is 11.8. The second-order valence-electron chi connectivity index (χ2n) is 4.41. The summed E-state index contributed by atoms with van der Waals surface area (Å²) in [6.07, 6.45) is 2.69. The Morgan fingerprint density at radius 1 is 1.53 bits per heavy atom. The van der Waals surface area contributed by atoms with Crippen molar-refractivity contribution in [3.8, 4) is 0 Å². The fraction of sp³-hybridized carbons (Fsp3) is 0.750. The van der Waals surface area contributed by atoms with E-state index in [0.717, 1.165) is 25.4 Å². The maximum Gasteiger partial charge on any atom is 0.290 e. The van der Waals surface area contributed by atoms with E-state index in [4.69, 9.17) is 14.6 Å². The molecule has 7 nitrogen and oxygen atoms in total. The summed E-state index contributed by atoms with van der Waals surface area (Å²) >= 11 is 0. The van der Waals surface area contributed by atoms with Crippen LogP contribution >= 0.6 is 0 Å². The van der Waals surface area contributed by atoms with Crippen molar-refractivity contribution >= 4 is 6.47 Å². The number of methoxy groups -OCH3 is 1. The van der Waals surface area contributed by atoms with Gasteiger partial charge >= 0.3 is 0 Å². The summed E-state index contributed by atoms with van der Waals surface area (Å²) in [5.41, 5.74) is 0. The minimum atomic E-state index is -0.250. The molecule has 0 radical (unpaired) electrons. The molecule has 1 aromatic rings. The van der Waals surface area contributed by atoms with Crippen molar-refractivity contribution in [1.29, 1.82) is 0 Å². The molecule has 0 aliphatic rings. The molecule has 1 rings (SSSR count). The fourth-order valence-electron chi connectivity index (χ4n) is 1.62. The number of ether oxygens (including phenoxy) is 1. The van der Waals surface area contributed by atoms with Crippen LogP contribution in [0.2, 0.25) is 0 Å². The van der Waals surface area contributed by atoms with Crippen LogP contribution in [0.3, 0.4) is 0 Å². The van der Waals surface area contributed by atoms with Gasteiger partial charge in [0.05, 0.1) is 6.61 Å². The molecule has 7 heteroatoms. The zero-order valence-electron chi connectivity index (χ0n) is 12.0. The summed E-state index contributed by atoms with van der Waals surface area (Å²) in [5, 5.41) is 18.3. The Morgan fingerprint density at radius 3 is 2.68 bits per heavy atom. The SMILES string of the molecule is COCC(C)NCCc1nncn1C(C)C.O=CO. The summed E-state index contributed by atoms with van der Waals surface area (Å²) in [4.78, 5) is 8.36. The van der Waals surface area contributed by atoms with E-state index >= 15 is 0 Å². The van der Waals surface area contributed by atoms with Crippen molar-refractivity contribution in [2.75, 3.05) is 20.3 Å². The molecule has 0 aliphatic heterocycles. The third-order valence-corrected chi connectivity index (χ3v) is 2.46. The molecular formula is C12H24N4O3. The Kier molecular flexibility index (Phi) is 9.64. The van der Waals surface area contributed by atoms with Gasteiger partial charge in [0, 0.05) is 32.2 Å². The molecule has 0 saturated carbocycles. The maximum atomic E-state index is 8.36. The average molecular weight is 272 g/mol. The first-order chi connectivity index (χ1) is 9.06. The number of rotatable bonds is 7. The zero-order valence-corrected chi connectivity index (χ0v) is 12.0. The van der Waals surface area contributed by atoms with E-state index in [2.05, 4.69) is 40.9 Å². The van der Waals surface area contributed by atoms with E-state index in [-0.39, 0.29) is 6.47 Å². The number of carbonyl (C=O) groups is 1. The molecular weight excluding hydrogens is 248 g/mol. The number of nitrogens with zero attached hydrogens (tertiary/aromatic N) is 3. The summed E-state index contributed by atoms with van der Waals surface area (Å²) in [6, 6.07) is 0.793. The molecule has 0 aliphatic carbocycles. The van der Waals surface area contributed by atoms with E-state index in [0.29, 0.717) is 12.1 Å². The zero-order chi connectivity index (χ0) is 14.7. The van der Waals surface area contributed by atoms with E-state index in [1.165, 1.54) is 0 Å². The largest absolute Gasteiger partial charge is 0.483 e. The second kappa shape index (κ2) is 10.5. The van der Waals surface area contributed by atoms with E-state index in [9.17, 15) is 0 Å². The van der Waals surface area contributed by atoms with E-state index < -0.39 is 0 Å². The molecule has 1 heterocycles. The Labute approximate surface area is 114 Å². The molecule has 0 spiro atoms. The van der Waals surface area contributed by atoms with E-state index in [1.807, 2.05) is 0 Å². The lowest BCUT2D eigenvalue weighted by atomic mass is 10.3. The quantitative estimate of drug-likeness (QED) is 0.711. The summed E-state index contributed by atoms with van der Waals surface area (Å²) < 4.78 is 7.16. The number of nitrogens with one attached hydrogen (secondary N) is 1. The third kappa shape index (κ3) is 7.53. The standard InChI is InChI=1S/C11H22N4O.CH2O2/c1-9(2)15-8-13-14-11(15)5-6-12-10(3)7-16-4;2-1-3/h8-10,12H,5-7H2,1-4H3;1H,(H,2,3). The van der Waals surface area contributed by atoms with Crippen molar-refractivity contribution in [1.82, 2.24) is 20.1 Å². The van der Waals surface area contributed by atoms with Gasteiger partial charge in [-0.1, -0.05) is 0 Å². The fourth-order valence-corrected chi connectivity index (χ4v) is 1.62. The van der Waals surface area contributed by atoms with Crippen LogP contribution in [0.1, 0.15) is 32.6 Å². The predicted molar refractivity (Wildman–Crippen MR) is 72.1 cm³/mol. The van der Waals surface area contributed by atoms with Gasteiger partial charge in [-0.15, -0.1) is 10.2 Å². The van der Waals surface area contributed by atoms with Gasteiger partial charge < -0.3 is 19.7 Å². The lowest BCUT2D eigenvalue weighted by Gasteiger charge is -2.13. The number of hydrogen-bond acceptors (Lipinski definition) is 5. The minimum Gasteiger partial charge on any atom is -0.483 e. The van der Waals surface area contributed by atoms with Crippen molar-refractivity contribution in [2.24, 2.45) is 0 Å². The Morgan fingerprint density at radius 2 is 2.16 bits per heavy atom. The third-order valence-electron chi connectivity index (χ3n) is 2.46. The van der Waals surface area contributed by atoms with Crippen LogP contribution in [0.25, 0.3) is 0 Å². The van der Waals surface area contributed by atoms with Crippen molar-refractivity contribution in [3.63, 3.8) is 0 Å². The van der Waals surface area contributed by atoms with Crippen LogP contribution < -0.4 is 5.32 Å². The second-order valence-corrected chi connectivity index (χ2v) is 4.41. The number of aromatic nitrogens is 3. The molecule has 0 aromatic carbocycles. The van der Waals surface area contributed by atoms with Gasteiger partial charge in [-0.2, -0.15) is 0 Å². The monoisotopic (exact) mass is 272 g/mol. The van der Waals surface area contributed by atoms with Crippen LogP contribution in [0.15, 0.2) is 6.33 Å². The Balaban J connectivity index is 0.000000982. The first-order valence-corrected chi connectivity index (χ1v) is 6.25. The minimum absolute atomic E-state index is 0.250. The van der Waals surface area contributed by atoms with Gasteiger partial charge in [0.2, 0.25) is 0 Å². The molecule has 110 valence electrons. The van der Waals surface area contributed by atoms with E-state index in [1.54, 1.807) is 13.4 Å². The average Bonchev–Trinajstić information content (AvgIpc) is 2.79. The molecule has 0 bridgehead atoms. The lowest BCUT2D eigenvalue weighted by molar-refractivity contribution is -0.122. The van der Waals surface area contributed by atoms with Crippen LogP contribution in [0.4, 0.5) is 0 Å². The molecule has 1 atom stereocenters. The topological polar surface area (TPSA) is 89.3 Å². The molecule has 0 saturated heterocycles. The predicted octanol–water partition coefficient (Wildman–Crippen LogP) is 0.727. The maximum absolute atomic E-state index is 8.36. The molecule has 1 aromatic heterocycles. The first-order valence-electron chi connectivity index (χ1n) is 6.25.